The SMILES string of the molecule is CC(=O)N1CCCc2cc(S(=O)(=O)NCCC(=O)O)ccc21. The van der Waals surface area contributed by atoms with Crippen molar-refractivity contribution >= 4 is 27.6 Å². The predicted octanol–water partition coefficient (Wildman–Crippen LogP) is 0.739. The maximum absolute atomic E-state index is 12.1. The number of carbonyl (C=O) groups is 2. The fourth-order valence-corrected chi connectivity index (χ4v) is 3.53. The van der Waals surface area contributed by atoms with Crippen molar-refractivity contribution in [3.8, 4) is 0 Å². The molecule has 2 rings (SSSR count). The lowest BCUT2D eigenvalue weighted by molar-refractivity contribution is -0.136. The number of carboxylic acid groups (broad SMARTS) is 1. The number of anilines is 1. The number of nitrogens with zero attached hydrogens (tertiary/aromatic N) is 1. The molecule has 1 aliphatic rings. The summed E-state index contributed by atoms with van der Waals surface area (Å²) in [5, 5.41) is 8.55. The van der Waals surface area contributed by atoms with Crippen LogP contribution in [0.15, 0.2) is 23.1 Å². The Morgan fingerprint density at radius 3 is 2.73 bits per heavy atom. The molecule has 1 aromatic rings. The second-order valence-corrected chi connectivity index (χ2v) is 6.87. The van der Waals surface area contributed by atoms with Gasteiger partial charge in [0.25, 0.3) is 0 Å². The molecule has 0 atom stereocenters. The Labute approximate surface area is 129 Å². The molecule has 0 saturated carbocycles. The number of fused-ring (bicyclic) bond motifs is 1. The number of sulfonamides is 1. The highest BCUT2D eigenvalue weighted by atomic mass is 32.2. The van der Waals surface area contributed by atoms with Gasteiger partial charge in [-0.25, -0.2) is 13.1 Å². The first-order chi connectivity index (χ1) is 10.3. The van der Waals surface area contributed by atoms with Gasteiger partial charge in [0.15, 0.2) is 0 Å². The van der Waals surface area contributed by atoms with Crippen LogP contribution in [-0.4, -0.2) is 38.5 Å². The molecule has 1 aliphatic heterocycles. The molecule has 0 bridgehead atoms. The lowest BCUT2D eigenvalue weighted by Gasteiger charge is -2.28. The van der Waals surface area contributed by atoms with Crippen LogP contribution >= 0.6 is 0 Å². The third-order valence-corrected chi connectivity index (χ3v) is 4.95. The second-order valence-electron chi connectivity index (χ2n) is 5.11. The largest absolute Gasteiger partial charge is 0.481 e. The van der Waals surface area contributed by atoms with Gasteiger partial charge in [0.2, 0.25) is 15.9 Å². The zero-order chi connectivity index (χ0) is 16.3. The maximum Gasteiger partial charge on any atom is 0.304 e. The van der Waals surface area contributed by atoms with Crippen LogP contribution in [0.1, 0.15) is 25.3 Å². The van der Waals surface area contributed by atoms with E-state index in [9.17, 15) is 18.0 Å². The zero-order valence-electron chi connectivity index (χ0n) is 12.2. The Morgan fingerprint density at radius 1 is 1.36 bits per heavy atom. The summed E-state index contributed by atoms with van der Waals surface area (Å²) in [6.45, 7) is 1.95. The Kier molecular flexibility index (Phi) is 4.82. The number of hydrogen-bond donors (Lipinski definition) is 2. The Hall–Kier alpha value is -1.93. The number of benzene rings is 1. The molecule has 2 N–H and O–H groups in total. The van der Waals surface area contributed by atoms with Crippen molar-refractivity contribution in [2.45, 2.75) is 31.1 Å². The van der Waals surface area contributed by atoms with Crippen LogP contribution < -0.4 is 9.62 Å². The first-order valence-corrected chi connectivity index (χ1v) is 8.42. The van der Waals surface area contributed by atoms with E-state index in [1.165, 1.54) is 13.0 Å². The summed E-state index contributed by atoms with van der Waals surface area (Å²) in [7, 11) is -3.74. The maximum atomic E-state index is 12.1. The summed E-state index contributed by atoms with van der Waals surface area (Å²) >= 11 is 0. The van der Waals surface area contributed by atoms with Crippen LogP contribution in [0.25, 0.3) is 0 Å². The van der Waals surface area contributed by atoms with Crippen molar-refractivity contribution in [3.63, 3.8) is 0 Å². The van der Waals surface area contributed by atoms with Crippen molar-refractivity contribution < 1.29 is 23.1 Å². The average molecular weight is 326 g/mol. The molecule has 0 aliphatic carbocycles. The van der Waals surface area contributed by atoms with Crippen LogP contribution in [0.3, 0.4) is 0 Å². The quantitative estimate of drug-likeness (QED) is 0.830. The number of amides is 1. The molecule has 1 aromatic carbocycles. The molecular formula is C14H18N2O5S. The fraction of sp³-hybridized carbons (Fsp3) is 0.429. The Morgan fingerprint density at radius 2 is 2.09 bits per heavy atom. The molecule has 8 heteroatoms. The topological polar surface area (TPSA) is 104 Å². The molecule has 1 heterocycles. The van der Waals surface area contributed by atoms with E-state index in [1.54, 1.807) is 17.0 Å². The molecular weight excluding hydrogens is 308 g/mol. The molecule has 0 aromatic heterocycles. The van der Waals surface area contributed by atoms with Gasteiger partial charge in [0.05, 0.1) is 11.3 Å². The highest BCUT2D eigenvalue weighted by molar-refractivity contribution is 7.89. The van der Waals surface area contributed by atoms with E-state index in [1.807, 2.05) is 0 Å². The van der Waals surface area contributed by atoms with Crippen LogP contribution in [0.5, 0.6) is 0 Å². The van der Waals surface area contributed by atoms with Crippen LogP contribution in [0.4, 0.5) is 5.69 Å². The van der Waals surface area contributed by atoms with E-state index < -0.39 is 16.0 Å². The third-order valence-electron chi connectivity index (χ3n) is 3.49. The van der Waals surface area contributed by atoms with Crippen molar-refractivity contribution in [1.29, 1.82) is 0 Å². The van der Waals surface area contributed by atoms with E-state index in [2.05, 4.69) is 4.72 Å². The molecule has 0 fully saturated rings. The van der Waals surface area contributed by atoms with Gasteiger partial charge < -0.3 is 10.0 Å². The van der Waals surface area contributed by atoms with Crippen molar-refractivity contribution in [2.24, 2.45) is 0 Å². The van der Waals surface area contributed by atoms with Gasteiger partial charge in [-0.05, 0) is 36.6 Å². The molecule has 0 saturated heterocycles. The monoisotopic (exact) mass is 326 g/mol. The van der Waals surface area contributed by atoms with Crippen molar-refractivity contribution in [2.75, 3.05) is 18.0 Å². The van der Waals surface area contributed by atoms with Gasteiger partial charge in [-0.1, -0.05) is 0 Å². The highest BCUT2D eigenvalue weighted by Crippen LogP contribution is 2.29. The average Bonchev–Trinajstić information content (AvgIpc) is 2.45. The molecule has 0 spiro atoms. The number of hydrogen-bond acceptors (Lipinski definition) is 4. The number of aryl methyl sites for hydroxylation is 1. The summed E-state index contributed by atoms with van der Waals surface area (Å²) < 4.78 is 26.5. The minimum Gasteiger partial charge on any atom is -0.481 e. The number of aliphatic carboxylic acids is 1. The van der Waals surface area contributed by atoms with E-state index in [0.717, 1.165) is 17.7 Å². The standard InChI is InChI=1S/C14H18N2O5S/c1-10(17)16-8-2-3-11-9-12(4-5-13(11)16)22(20,21)15-7-6-14(18)19/h4-5,9,15H,2-3,6-8H2,1H3,(H,18,19). The molecule has 22 heavy (non-hydrogen) atoms. The van der Waals surface area contributed by atoms with Gasteiger partial charge in [-0.3, -0.25) is 9.59 Å². The molecule has 120 valence electrons. The predicted molar refractivity (Wildman–Crippen MR) is 80.2 cm³/mol. The van der Waals surface area contributed by atoms with Crippen LogP contribution in [-0.2, 0) is 26.0 Å². The van der Waals surface area contributed by atoms with E-state index in [4.69, 9.17) is 5.11 Å². The number of rotatable bonds is 5. The first kappa shape index (κ1) is 16.4. The van der Waals surface area contributed by atoms with E-state index in [-0.39, 0.29) is 23.8 Å². The van der Waals surface area contributed by atoms with Crippen molar-refractivity contribution in [1.82, 2.24) is 4.72 Å². The summed E-state index contributed by atoms with van der Waals surface area (Å²) in [5.74, 6) is -1.14. The summed E-state index contributed by atoms with van der Waals surface area (Å²) in [4.78, 5) is 23.7. The highest BCUT2D eigenvalue weighted by Gasteiger charge is 2.22. The van der Waals surface area contributed by atoms with Gasteiger partial charge in [0, 0.05) is 25.7 Å². The molecule has 0 unspecified atom stereocenters. The van der Waals surface area contributed by atoms with Crippen LogP contribution in [0.2, 0.25) is 0 Å². The minimum absolute atomic E-state index is 0.0730. The van der Waals surface area contributed by atoms with Crippen LogP contribution in [0, 0.1) is 0 Å². The molecule has 0 radical (unpaired) electrons. The molecule has 7 nitrogen and oxygen atoms in total. The lowest BCUT2D eigenvalue weighted by Crippen LogP contribution is -2.33. The number of carboxylic acids is 1. The van der Waals surface area contributed by atoms with Gasteiger partial charge in [-0.2, -0.15) is 0 Å². The summed E-state index contributed by atoms with van der Waals surface area (Å²) in [6.07, 6.45) is 1.21. The second kappa shape index (κ2) is 6.45. The van der Waals surface area contributed by atoms with E-state index in [0.29, 0.717) is 13.0 Å². The summed E-state index contributed by atoms with van der Waals surface area (Å²) in [5.41, 5.74) is 1.55. The summed E-state index contributed by atoms with van der Waals surface area (Å²) in [6, 6.07) is 4.61. The lowest BCUT2D eigenvalue weighted by atomic mass is 10.0. The van der Waals surface area contributed by atoms with Gasteiger partial charge in [0.1, 0.15) is 0 Å². The fourth-order valence-electron chi connectivity index (χ4n) is 2.44. The first-order valence-electron chi connectivity index (χ1n) is 6.94. The Bertz CT molecular complexity index is 699. The normalized spacial score (nSPS) is 14.5. The zero-order valence-corrected chi connectivity index (χ0v) is 13.0. The Balaban J connectivity index is 2.23. The smallest absolute Gasteiger partial charge is 0.304 e. The minimum atomic E-state index is -3.74. The van der Waals surface area contributed by atoms with Gasteiger partial charge in [-0.15, -0.1) is 0 Å². The van der Waals surface area contributed by atoms with Gasteiger partial charge >= 0.3 is 5.97 Å². The molecule has 1 amide bonds. The number of nitrogens with one attached hydrogen (secondary N) is 1. The third kappa shape index (κ3) is 3.63. The van der Waals surface area contributed by atoms with Crippen molar-refractivity contribution in [3.05, 3.63) is 23.8 Å². The van der Waals surface area contributed by atoms with E-state index >= 15 is 0 Å². The number of carbonyl (C=O) groups excluding carboxylic acids is 1.